The van der Waals surface area contributed by atoms with E-state index in [4.69, 9.17) is 4.74 Å². The molecule has 1 fully saturated rings. The van der Waals surface area contributed by atoms with Crippen LogP contribution in [0, 0.1) is 17.8 Å². The number of rotatable bonds is 4. The molecule has 1 aliphatic rings. The lowest BCUT2D eigenvalue weighted by atomic mass is 9.73. The molecule has 4 atom stereocenters. The second-order valence-corrected chi connectivity index (χ2v) is 5.97. The van der Waals surface area contributed by atoms with E-state index in [0.29, 0.717) is 12.5 Å². The van der Waals surface area contributed by atoms with Crippen LogP contribution in [0.3, 0.4) is 0 Å². The standard InChI is InChI=1S/C17H26O2/c1-4-19-16-9-7-14(8-10-16)17(18)15-6-5-12(2)13(3)11-15/h7-10,12-13,15,17-18H,4-6,11H2,1-3H3. The Labute approximate surface area is 116 Å². The number of aliphatic hydroxyl groups is 1. The van der Waals surface area contributed by atoms with Crippen LogP contribution < -0.4 is 4.74 Å². The summed E-state index contributed by atoms with van der Waals surface area (Å²) in [6.45, 7) is 7.29. The molecule has 0 spiro atoms. The summed E-state index contributed by atoms with van der Waals surface area (Å²) < 4.78 is 5.44. The van der Waals surface area contributed by atoms with Gasteiger partial charge in [-0.25, -0.2) is 0 Å². The fourth-order valence-corrected chi connectivity index (χ4v) is 3.08. The van der Waals surface area contributed by atoms with Crippen molar-refractivity contribution in [2.24, 2.45) is 17.8 Å². The van der Waals surface area contributed by atoms with Crippen molar-refractivity contribution in [1.82, 2.24) is 0 Å². The zero-order valence-electron chi connectivity index (χ0n) is 12.3. The van der Waals surface area contributed by atoms with E-state index in [-0.39, 0.29) is 6.10 Å². The monoisotopic (exact) mass is 262 g/mol. The molecule has 1 aromatic carbocycles. The van der Waals surface area contributed by atoms with Crippen LogP contribution in [-0.4, -0.2) is 11.7 Å². The van der Waals surface area contributed by atoms with E-state index >= 15 is 0 Å². The van der Waals surface area contributed by atoms with E-state index in [2.05, 4.69) is 13.8 Å². The van der Waals surface area contributed by atoms with Crippen LogP contribution in [-0.2, 0) is 0 Å². The average Bonchev–Trinajstić information content (AvgIpc) is 2.42. The van der Waals surface area contributed by atoms with Crippen molar-refractivity contribution in [1.29, 1.82) is 0 Å². The van der Waals surface area contributed by atoms with Crippen molar-refractivity contribution in [2.45, 2.75) is 46.1 Å². The van der Waals surface area contributed by atoms with Gasteiger partial charge < -0.3 is 9.84 Å². The number of ether oxygens (including phenoxy) is 1. The first-order chi connectivity index (χ1) is 9.11. The summed E-state index contributed by atoms with van der Waals surface area (Å²) in [5, 5.41) is 10.5. The second-order valence-electron chi connectivity index (χ2n) is 5.97. The Balaban J connectivity index is 2.00. The molecule has 0 heterocycles. The molecule has 2 rings (SSSR count). The molecule has 0 radical (unpaired) electrons. The molecule has 1 aromatic rings. The van der Waals surface area contributed by atoms with E-state index in [9.17, 15) is 5.11 Å². The first kappa shape index (κ1) is 14.4. The molecule has 0 bridgehead atoms. The maximum absolute atomic E-state index is 10.5. The van der Waals surface area contributed by atoms with Crippen molar-refractivity contribution < 1.29 is 9.84 Å². The van der Waals surface area contributed by atoms with E-state index in [1.54, 1.807) is 0 Å². The molecule has 0 aliphatic heterocycles. The van der Waals surface area contributed by atoms with Gasteiger partial charge in [-0.3, -0.25) is 0 Å². The van der Waals surface area contributed by atoms with Gasteiger partial charge in [-0.1, -0.05) is 32.4 Å². The summed E-state index contributed by atoms with van der Waals surface area (Å²) in [5.41, 5.74) is 1.02. The SMILES string of the molecule is CCOc1ccc(C(O)C2CCC(C)C(C)C2)cc1. The van der Waals surface area contributed by atoms with Crippen molar-refractivity contribution in [3.05, 3.63) is 29.8 Å². The molecule has 1 N–H and O–H groups in total. The quantitative estimate of drug-likeness (QED) is 0.881. The molecule has 4 unspecified atom stereocenters. The lowest BCUT2D eigenvalue weighted by molar-refractivity contribution is 0.0561. The van der Waals surface area contributed by atoms with Crippen LogP contribution in [0.2, 0.25) is 0 Å². The van der Waals surface area contributed by atoms with Gasteiger partial charge in [-0.2, -0.15) is 0 Å². The van der Waals surface area contributed by atoms with Crippen LogP contribution in [0.4, 0.5) is 0 Å². The van der Waals surface area contributed by atoms with Crippen molar-refractivity contribution in [3.63, 3.8) is 0 Å². The predicted octanol–water partition coefficient (Wildman–Crippen LogP) is 4.19. The highest BCUT2D eigenvalue weighted by atomic mass is 16.5. The zero-order chi connectivity index (χ0) is 13.8. The highest BCUT2D eigenvalue weighted by Crippen LogP contribution is 2.39. The van der Waals surface area contributed by atoms with Gasteiger partial charge in [0, 0.05) is 0 Å². The average molecular weight is 262 g/mol. The summed E-state index contributed by atoms with van der Waals surface area (Å²) in [6, 6.07) is 7.91. The normalized spacial score (nSPS) is 28.9. The topological polar surface area (TPSA) is 29.5 Å². The maximum Gasteiger partial charge on any atom is 0.119 e. The Kier molecular flexibility index (Phi) is 4.87. The lowest BCUT2D eigenvalue weighted by Gasteiger charge is -2.34. The van der Waals surface area contributed by atoms with Crippen LogP contribution in [0.25, 0.3) is 0 Å². The van der Waals surface area contributed by atoms with Crippen LogP contribution in [0.1, 0.15) is 51.7 Å². The van der Waals surface area contributed by atoms with Gasteiger partial charge in [0.2, 0.25) is 0 Å². The molecule has 106 valence electrons. The molecule has 0 saturated heterocycles. The summed E-state index contributed by atoms with van der Waals surface area (Å²) >= 11 is 0. The third-order valence-corrected chi connectivity index (χ3v) is 4.62. The van der Waals surface area contributed by atoms with E-state index in [1.165, 1.54) is 6.42 Å². The first-order valence-corrected chi connectivity index (χ1v) is 7.52. The number of benzene rings is 1. The molecular formula is C17H26O2. The minimum atomic E-state index is -0.328. The molecule has 1 aliphatic carbocycles. The largest absolute Gasteiger partial charge is 0.494 e. The Morgan fingerprint density at radius 1 is 1.16 bits per heavy atom. The van der Waals surface area contributed by atoms with Gasteiger partial charge in [0.05, 0.1) is 12.7 Å². The van der Waals surface area contributed by atoms with Gasteiger partial charge in [-0.15, -0.1) is 0 Å². The Bertz CT molecular complexity index is 385. The van der Waals surface area contributed by atoms with Crippen molar-refractivity contribution >= 4 is 0 Å². The number of hydrogen-bond acceptors (Lipinski definition) is 2. The molecule has 0 aromatic heterocycles. The molecule has 2 nitrogen and oxygen atoms in total. The zero-order valence-corrected chi connectivity index (χ0v) is 12.3. The summed E-state index contributed by atoms with van der Waals surface area (Å²) in [7, 11) is 0. The van der Waals surface area contributed by atoms with Gasteiger partial charge in [-0.05, 0) is 55.2 Å². The Morgan fingerprint density at radius 3 is 2.42 bits per heavy atom. The van der Waals surface area contributed by atoms with E-state index in [1.807, 2.05) is 31.2 Å². The van der Waals surface area contributed by atoms with Crippen LogP contribution >= 0.6 is 0 Å². The van der Waals surface area contributed by atoms with Gasteiger partial charge in [0.1, 0.15) is 5.75 Å². The Hall–Kier alpha value is -1.02. The minimum absolute atomic E-state index is 0.328. The Morgan fingerprint density at radius 2 is 1.84 bits per heavy atom. The van der Waals surface area contributed by atoms with Gasteiger partial charge in [0.15, 0.2) is 0 Å². The summed E-state index contributed by atoms with van der Waals surface area (Å²) in [5.74, 6) is 2.80. The first-order valence-electron chi connectivity index (χ1n) is 7.52. The maximum atomic E-state index is 10.5. The lowest BCUT2D eigenvalue weighted by Crippen LogP contribution is -2.25. The summed E-state index contributed by atoms with van der Waals surface area (Å²) in [6.07, 6.45) is 3.18. The van der Waals surface area contributed by atoms with E-state index in [0.717, 1.165) is 36.0 Å². The minimum Gasteiger partial charge on any atom is -0.494 e. The molecule has 1 saturated carbocycles. The molecular weight excluding hydrogens is 236 g/mol. The smallest absolute Gasteiger partial charge is 0.119 e. The van der Waals surface area contributed by atoms with Crippen LogP contribution in [0.15, 0.2) is 24.3 Å². The van der Waals surface area contributed by atoms with Gasteiger partial charge >= 0.3 is 0 Å². The molecule has 0 amide bonds. The van der Waals surface area contributed by atoms with Gasteiger partial charge in [0.25, 0.3) is 0 Å². The van der Waals surface area contributed by atoms with Crippen molar-refractivity contribution in [3.8, 4) is 5.75 Å². The molecule has 2 heteroatoms. The number of hydrogen-bond donors (Lipinski definition) is 1. The predicted molar refractivity (Wildman–Crippen MR) is 78.2 cm³/mol. The fraction of sp³-hybridized carbons (Fsp3) is 0.647. The fourth-order valence-electron chi connectivity index (χ4n) is 3.08. The van der Waals surface area contributed by atoms with Crippen molar-refractivity contribution in [2.75, 3.05) is 6.61 Å². The highest BCUT2D eigenvalue weighted by molar-refractivity contribution is 5.28. The summed E-state index contributed by atoms with van der Waals surface area (Å²) in [4.78, 5) is 0. The van der Waals surface area contributed by atoms with Crippen LogP contribution in [0.5, 0.6) is 5.75 Å². The third kappa shape index (κ3) is 3.50. The van der Waals surface area contributed by atoms with E-state index < -0.39 is 0 Å². The highest BCUT2D eigenvalue weighted by Gasteiger charge is 2.29. The third-order valence-electron chi connectivity index (χ3n) is 4.62. The molecule has 19 heavy (non-hydrogen) atoms. The number of aliphatic hydroxyl groups excluding tert-OH is 1. The second kappa shape index (κ2) is 6.42.